The fourth-order valence-corrected chi connectivity index (χ4v) is 1.59. The minimum Gasteiger partial charge on any atom is -0.351 e. The Balaban J connectivity index is 2.54. The molecule has 0 fully saturated rings. The number of ether oxygens (including phenoxy) is 1. The second-order valence-electron chi connectivity index (χ2n) is 6.09. The van der Waals surface area contributed by atoms with Gasteiger partial charge in [0.1, 0.15) is 0 Å². The van der Waals surface area contributed by atoms with E-state index in [4.69, 9.17) is 14.5 Å². The molecule has 0 aliphatic heterocycles. The molecular weight excluding hydrogens is 252 g/mol. The highest BCUT2D eigenvalue weighted by atomic mass is 17.2. The summed E-state index contributed by atoms with van der Waals surface area (Å²) < 4.78 is 5.43. The molecule has 0 aliphatic carbocycles. The minimum absolute atomic E-state index is 0.365. The maximum Gasteiger partial charge on any atom is 0.198 e. The van der Waals surface area contributed by atoms with Crippen molar-refractivity contribution >= 4 is 5.57 Å². The minimum atomic E-state index is -0.773. The lowest BCUT2D eigenvalue weighted by atomic mass is 10.0. The van der Waals surface area contributed by atoms with Gasteiger partial charge < -0.3 is 4.74 Å². The van der Waals surface area contributed by atoms with E-state index in [0.717, 1.165) is 17.6 Å². The average molecular weight is 278 g/mol. The van der Waals surface area contributed by atoms with Crippen molar-refractivity contribution in [3.8, 4) is 0 Å². The smallest absolute Gasteiger partial charge is 0.198 e. The number of allylic oxidation sites excluding steroid dienone is 1. The standard InChI is InChI=1S/C17H26O3/c1-14(15-10-8-7-9-11-15)12-13-17(5,18-6)20-19-16(2,3)4/h7-11H,1,12-13H2,2-6H3. The Labute approximate surface area is 122 Å². The van der Waals surface area contributed by atoms with Crippen LogP contribution in [0, 0.1) is 0 Å². The van der Waals surface area contributed by atoms with Crippen molar-refractivity contribution in [1.29, 1.82) is 0 Å². The molecular formula is C17H26O3. The molecule has 1 aromatic rings. The molecule has 112 valence electrons. The van der Waals surface area contributed by atoms with Crippen LogP contribution in [-0.2, 0) is 14.5 Å². The number of hydrogen-bond donors (Lipinski definition) is 0. The van der Waals surface area contributed by atoms with Gasteiger partial charge in [-0.05, 0) is 45.3 Å². The van der Waals surface area contributed by atoms with Crippen molar-refractivity contribution in [2.45, 2.75) is 51.9 Å². The monoisotopic (exact) mass is 278 g/mol. The van der Waals surface area contributed by atoms with E-state index in [1.165, 1.54) is 0 Å². The topological polar surface area (TPSA) is 27.7 Å². The van der Waals surface area contributed by atoms with Gasteiger partial charge in [-0.1, -0.05) is 36.9 Å². The van der Waals surface area contributed by atoms with Crippen molar-refractivity contribution in [3.63, 3.8) is 0 Å². The highest BCUT2D eigenvalue weighted by molar-refractivity contribution is 5.62. The van der Waals surface area contributed by atoms with E-state index < -0.39 is 5.79 Å². The summed E-state index contributed by atoms with van der Waals surface area (Å²) in [7, 11) is 1.62. The summed E-state index contributed by atoms with van der Waals surface area (Å²) >= 11 is 0. The van der Waals surface area contributed by atoms with Crippen molar-refractivity contribution < 1.29 is 14.5 Å². The molecule has 0 aliphatic rings. The Bertz CT molecular complexity index is 420. The molecule has 1 aromatic carbocycles. The third kappa shape index (κ3) is 5.87. The average Bonchev–Trinajstić information content (AvgIpc) is 2.43. The molecule has 1 atom stereocenters. The molecule has 0 saturated carbocycles. The third-order valence-corrected chi connectivity index (χ3v) is 2.96. The van der Waals surface area contributed by atoms with Crippen molar-refractivity contribution in [3.05, 3.63) is 42.5 Å². The molecule has 0 N–H and O–H groups in total. The van der Waals surface area contributed by atoms with E-state index in [0.29, 0.717) is 6.42 Å². The molecule has 0 heterocycles. The molecule has 0 spiro atoms. The fourth-order valence-electron chi connectivity index (χ4n) is 1.59. The second-order valence-corrected chi connectivity index (χ2v) is 6.09. The normalized spacial score (nSPS) is 14.8. The first-order chi connectivity index (χ1) is 9.26. The fraction of sp³-hybridized carbons (Fsp3) is 0.529. The third-order valence-electron chi connectivity index (χ3n) is 2.96. The van der Waals surface area contributed by atoms with Crippen LogP contribution in [0.3, 0.4) is 0 Å². The van der Waals surface area contributed by atoms with Crippen LogP contribution in [0.25, 0.3) is 5.57 Å². The number of hydrogen-bond acceptors (Lipinski definition) is 3. The van der Waals surface area contributed by atoms with Gasteiger partial charge in [-0.3, -0.25) is 0 Å². The first kappa shape index (κ1) is 16.9. The summed E-state index contributed by atoms with van der Waals surface area (Å²) in [5.41, 5.74) is 1.84. The Morgan fingerprint density at radius 3 is 2.15 bits per heavy atom. The van der Waals surface area contributed by atoms with Gasteiger partial charge in [0.05, 0.1) is 5.60 Å². The first-order valence-corrected chi connectivity index (χ1v) is 6.91. The molecule has 3 nitrogen and oxygen atoms in total. The predicted molar refractivity (Wildman–Crippen MR) is 82.0 cm³/mol. The number of rotatable bonds is 7. The Morgan fingerprint density at radius 1 is 1.05 bits per heavy atom. The summed E-state index contributed by atoms with van der Waals surface area (Å²) in [5.74, 6) is -0.773. The second kappa shape index (κ2) is 7.02. The lowest BCUT2D eigenvalue weighted by Crippen LogP contribution is -2.35. The zero-order valence-corrected chi connectivity index (χ0v) is 13.2. The zero-order chi connectivity index (χ0) is 15.2. The van der Waals surface area contributed by atoms with Crippen molar-refractivity contribution in [1.82, 2.24) is 0 Å². The Morgan fingerprint density at radius 2 is 1.65 bits per heavy atom. The van der Waals surface area contributed by atoms with Gasteiger partial charge in [-0.25, -0.2) is 9.78 Å². The summed E-state index contributed by atoms with van der Waals surface area (Å²) in [6.45, 7) is 11.8. The van der Waals surface area contributed by atoms with Crippen LogP contribution >= 0.6 is 0 Å². The maximum absolute atomic E-state index is 5.47. The highest BCUT2D eigenvalue weighted by Crippen LogP contribution is 2.27. The number of methoxy groups -OCH3 is 1. The van der Waals surface area contributed by atoms with Crippen LogP contribution in [0.1, 0.15) is 46.1 Å². The van der Waals surface area contributed by atoms with E-state index in [1.807, 2.05) is 45.9 Å². The Kier molecular flexibility index (Phi) is 5.93. The van der Waals surface area contributed by atoms with Gasteiger partial charge in [0.15, 0.2) is 5.79 Å². The molecule has 0 bridgehead atoms. The van der Waals surface area contributed by atoms with Crippen LogP contribution in [0.5, 0.6) is 0 Å². The summed E-state index contributed by atoms with van der Waals surface area (Å²) in [4.78, 5) is 10.8. The summed E-state index contributed by atoms with van der Waals surface area (Å²) in [5, 5.41) is 0. The summed E-state index contributed by atoms with van der Waals surface area (Å²) in [6.07, 6.45) is 1.45. The van der Waals surface area contributed by atoms with Crippen LogP contribution < -0.4 is 0 Å². The van der Waals surface area contributed by atoms with Crippen LogP contribution in [0.4, 0.5) is 0 Å². The van der Waals surface area contributed by atoms with Gasteiger partial charge in [0, 0.05) is 13.5 Å². The lowest BCUT2D eigenvalue weighted by molar-refractivity contribution is -0.452. The Hall–Kier alpha value is -1.16. The molecule has 1 rings (SSSR count). The van der Waals surface area contributed by atoms with Crippen molar-refractivity contribution in [2.75, 3.05) is 7.11 Å². The SMILES string of the molecule is C=C(CCC(C)(OC)OOC(C)(C)C)c1ccccc1. The van der Waals surface area contributed by atoms with Crippen LogP contribution in [0.2, 0.25) is 0 Å². The number of benzene rings is 1. The molecule has 0 aromatic heterocycles. The molecule has 0 amide bonds. The lowest BCUT2D eigenvalue weighted by Gasteiger charge is -2.30. The zero-order valence-electron chi connectivity index (χ0n) is 13.2. The van der Waals surface area contributed by atoms with E-state index in [2.05, 4.69) is 18.7 Å². The van der Waals surface area contributed by atoms with Crippen LogP contribution in [-0.4, -0.2) is 18.5 Å². The molecule has 3 heteroatoms. The first-order valence-electron chi connectivity index (χ1n) is 6.91. The molecule has 20 heavy (non-hydrogen) atoms. The largest absolute Gasteiger partial charge is 0.351 e. The van der Waals surface area contributed by atoms with E-state index >= 15 is 0 Å². The van der Waals surface area contributed by atoms with E-state index in [1.54, 1.807) is 7.11 Å². The molecule has 1 unspecified atom stereocenters. The van der Waals surface area contributed by atoms with Gasteiger partial charge in [0.25, 0.3) is 0 Å². The van der Waals surface area contributed by atoms with Gasteiger partial charge in [-0.2, -0.15) is 0 Å². The highest BCUT2D eigenvalue weighted by Gasteiger charge is 2.28. The van der Waals surface area contributed by atoms with Gasteiger partial charge >= 0.3 is 0 Å². The van der Waals surface area contributed by atoms with Crippen molar-refractivity contribution in [2.24, 2.45) is 0 Å². The molecule has 0 saturated heterocycles. The maximum atomic E-state index is 5.47. The van der Waals surface area contributed by atoms with Crippen LogP contribution in [0.15, 0.2) is 36.9 Å². The van der Waals surface area contributed by atoms with Gasteiger partial charge in [-0.15, -0.1) is 0 Å². The summed E-state index contributed by atoms with van der Waals surface area (Å²) in [6, 6.07) is 10.1. The van der Waals surface area contributed by atoms with E-state index in [-0.39, 0.29) is 5.60 Å². The van der Waals surface area contributed by atoms with E-state index in [9.17, 15) is 0 Å². The predicted octanol–water partition coefficient (Wildman–Crippen LogP) is 4.59. The quantitative estimate of drug-likeness (QED) is 0.415. The molecule has 0 radical (unpaired) electrons. The van der Waals surface area contributed by atoms with Gasteiger partial charge in [0.2, 0.25) is 0 Å².